The van der Waals surface area contributed by atoms with Crippen molar-refractivity contribution in [3.05, 3.63) is 140 Å². The van der Waals surface area contributed by atoms with Gasteiger partial charge in [-0.25, -0.2) is 0 Å². The fourth-order valence-corrected chi connectivity index (χ4v) is 5.88. The lowest BCUT2D eigenvalue weighted by molar-refractivity contribution is 1.18. The lowest BCUT2D eigenvalue weighted by Crippen LogP contribution is -1.93. The molecule has 5 aromatic carbocycles. The van der Waals surface area contributed by atoms with Gasteiger partial charge in [-0.05, 0) is 77.9 Å². The van der Waals surface area contributed by atoms with E-state index >= 15 is 0 Å². The van der Waals surface area contributed by atoms with Crippen LogP contribution in [0.3, 0.4) is 0 Å². The van der Waals surface area contributed by atoms with E-state index in [9.17, 15) is 0 Å². The van der Waals surface area contributed by atoms with Gasteiger partial charge in [0.25, 0.3) is 0 Å². The maximum atomic E-state index is 4.79. The summed E-state index contributed by atoms with van der Waals surface area (Å²) in [7, 11) is 0. The summed E-state index contributed by atoms with van der Waals surface area (Å²) in [6, 6.07) is 47.5. The molecule has 0 unspecified atom stereocenters. The minimum atomic E-state index is 1.02. The molecule has 178 valence electrons. The number of aromatic nitrogens is 3. The Balaban J connectivity index is 1.36. The van der Waals surface area contributed by atoms with E-state index in [4.69, 9.17) is 4.98 Å². The average molecular weight is 486 g/mol. The van der Waals surface area contributed by atoms with Gasteiger partial charge in [0.2, 0.25) is 0 Å². The second-order valence-corrected chi connectivity index (χ2v) is 9.69. The van der Waals surface area contributed by atoms with Crippen LogP contribution in [-0.4, -0.2) is 14.1 Å². The number of para-hydroxylation sites is 3. The highest BCUT2D eigenvalue weighted by molar-refractivity contribution is 6.11. The molecule has 0 spiro atoms. The number of fused-ring (bicyclic) bond motifs is 6. The van der Waals surface area contributed by atoms with Gasteiger partial charge in [-0.2, -0.15) is 0 Å². The van der Waals surface area contributed by atoms with E-state index in [0.29, 0.717) is 0 Å². The van der Waals surface area contributed by atoms with Gasteiger partial charge in [0.1, 0.15) is 0 Å². The molecule has 3 aromatic heterocycles. The summed E-state index contributed by atoms with van der Waals surface area (Å²) < 4.78 is 4.66. The summed E-state index contributed by atoms with van der Waals surface area (Å²) >= 11 is 0. The quantitative estimate of drug-likeness (QED) is 0.245. The first-order chi connectivity index (χ1) is 18.9. The average Bonchev–Trinajstić information content (AvgIpc) is 3.50. The van der Waals surface area contributed by atoms with Gasteiger partial charge < -0.3 is 9.13 Å². The predicted octanol–water partition coefficient (Wildman–Crippen LogP) is 8.94. The van der Waals surface area contributed by atoms with Crippen LogP contribution in [-0.2, 0) is 0 Å². The summed E-state index contributed by atoms with van der Waals surface area (Å²) in [5, 5.41) is 3.68. The Morgan fingerprint density at radius 2 is 0.921 bits per heavy atom. The van der Waals surface area contributed by atoms with Crippen LogP contribution in [0.25, 0.3) is 66.2 Å². The van der Waals surface area contributed by atoms with Crippen molar-refractivity contribution < 1.29 is 0 Å². The summed E-state index contributed by atoms with van der Waals surface area (Å²) in [4.78, 5) is 4.79. The Morgan fingerprint density at radius 1 is 0.395 bits per heavy atom. The highest BCUT2D eigenvalue weighted by Crippen LogP contribution is 2.37. The molecule has 0 radical (unpaired) electrons. The molecule has 0 bridgehead atoms. The van der Waals surface area contributed by atoms with Crippen LogP contribution in [0.15, 0.2) is 140 Å². The summed E-state index contributed by atoms with van der Waals surface area (Å²) in [6.45, 7) is 0. The molecule has 0 atom stereocenters. The van der Waals surface area contributed by atoms with E-state index < -0.39 is 0 Å². The van der Waals surface area contributed by atoms with Crippen molar-refractivity contribution in [2.24, 2.45) is 0 Å². The number of rotatable bonds is 3. The Labute approximate surface area is 219 Å². The van der Waals surface area contributed by atoms with Gasteiger partial charge in [0.05, 0.1) is 27.6 Å². The van der Waals surface area contributed by atoms with Crippen LogP contribution in [0.2, 0.25) is 0 Å². The minimum Gasteiger partial charge on any atom is -0.309 e. The maximum Gasteiger partial charge on any atom is 0.0963 e. The van der Waals surface area contributed by atoms with E-state index in [-0.39, 0.29) is 0 Å². The molecule has 0 saturated heterocycles. The molecule has 0 saturated carbocycles. The van der Waals surface area contributed by atoms with Crippen LogP contribution >= 0.6 is 0 Å². The monoisotopic (exact) mass is 485 g/mol. The topological polar surface area (TPSA) is 22.8 Å². The van der Waals surface area contributed by atoms with Gasteiger partial charge in [-0.3, -0.25) is 4.98 Å². The third kappa shape index (κ3) is 3.06. The Morgan fingerprint density at radius 3 is 1.63 bits per heavy atom. The first-order valence-corrected chi connectivity index (χ1v) is 12.9. The van der Waals surface area contributed by atoms with E-state index in [1.165, 1.54) is 38.6 Å². The molecular formula is C35H23N3. The van der Waals surface area contributed by atoms with Crippen molar-refractivity contribution in [1.29, 1.82) is 0 Å². The molecule has 0 aliphatic rings. The molecule has 3 nitrogen and oxygen atoms in total. The largest absolute Gasteiger partial charge is 0.309 e. The van der Waals surface area contributed by atoms with Crippen molar-refractivity contribution in [2.45, 2.75) is 0 Å². The van der Waals surface area contributed by atoms with Gasteiger partial charge in [0.15, 0.2) is 0 Å². The SMILES string of the molecule is c1ccc(-n2c3ccccc3c3cc(-c4ccc5c(c4)c4ncccc4n5-c4ccccc4)ccc32)cc1. The van der Waals surface area contributed by atoms with Crippen molar-refractivity contribution in [3.8, 4) is 22.5 Å². The van der Waals surface area contributed by atoms with E-state index in [1.807, 2.05) is 12.3 Å². The molecule has 8 rings (SSSR count). The van der Waals surface area contributed by atoms with Crippen LogP contribution in [0.4, 0.5) is 0 Å². The van der Waals surface area contributed by atoms with Crippen LogP contribution in [0.5, 0.6) is 0 Å². The number of pyridine rings is 1. The van der Waals surface area contributed by atoms with Crippen molar-refractivity contribution in [3.63, 3.8) is 0 Å². The maximum absolute atomic E-state index is 4.79. The molecule has 8 aromatic rings. The normalized spacial score (nSPS) is 11.7. The molecule has 0 fully saturated rings. The Hall–Kier alpha value is -5.15. The van der Waals surface area contributed by atoms with Gasteiger partial charge >= 0.3 is 0 Å². The van der Waals surface area contributed by atoms with Crippen LogP contribution in [0.1, 0.15) is 0 Å². The standard InChI is InChI=1S/C35H23N3/c1-3-10-26(11-4-1)37-31-15-8-7-14-28(31)29-22-24(17-19-32(29)37)25-18-20-33-30(23-25)35-34(16-9-21-36-35)38(33)27-12-5-2-6-13-27/h1-23H. The van der Waals surface area contributed by atoms with Crippen LogP contribution < -0.4 is 0 Å². The molecule has 0 aliphatic carbocycles. The van der Waals surface area contributed by atoms with Gasteiger partial charge in [-0.1, -0.05) is 66.7 Å². The second kappa shape index (κ2) is 8.19. The number of nitrogens with zero attached hydrogens (tertiary/aromatic N) is 3. The summed E-state index contributed by atoms with van der Waals surface area (Å²) in [5.41, 5.74) is 10.4. The lowest BCUT2D eigenvalue weighted by atomic mass is 10.0. The van der Waals surface area contributed by atoms with E-state index in [0.717, 1.165) is 27.6 Å². The molecule has 3 heterocycles. The first kappa shape index (κ1) is 21.0. The smallest absolute Gasteiger partial charge is 0.0963 e. The lowest BCUT2D eigenvalue weighted by Gasteiger charge is -2.09. The van der Waals surface area contributed by atoms with Crippen molar-refractivity contribution >= 4 is 43.7 Å². The third-order valence-electron chi connectivity index (χ3n) is 7.55. The molecule has 0 amide bonds. The van der Waals surface area contributed by atoms with Crippen LogP contribution in [0, 0.1) is 0 Å². The Bertz CT molecular complexity index is 1960. The minimum absolute atomic E-state index is 1.02. The number of hydrogen-bond donors (Lipinski definition) is 0. The van der Waals surface area contributed by atoms with Gasteiger partial charge in [0, 0.05) is 33.7 Å². The number of benzene rings is 5. The Kier molecular flexibility index (Phi) is 4.52. The van der Waals surface area contributed by atoms with Crippen molar-refractivity contribution in [2.75, 3.05) is 0 Å². The fraction of sp³-hybridized carbons (Fsp3) is 0. The first-order valence-electron chi connectivity index (χ1n) is 12.9. The van der Waals surface area contributed by atoms with E-state index in [1.54, 1.807) is 0 Å². The molecular weight excluding hydrogens is 462 g/mol. The summed E-state index contributed by atoms with van der Waals surface area (Å²) in [6.07, 6.45) is 1.88. The summed E-state index contributed by atoms with van der Waals surface area (Å²) in [5.74, 6) is 0. The zero-order valence-electron chi connectivity index (χ0n) is 20.6. The zero-order valence-corrected chi connectivity index (χ0v) is 20.6. The highest BCUT2D eigenvalue weighted by Gasteiger charge is 2.16. The fourth-order valence-electron chi connectivity index (χ4n) is 5.88. The van der Waals surface area contributed by atoms with E-state index in [2.05, 4.69) is 137 Å². The molecule has 0 N–H and O–H groups in total. The van der Waals surface area contributed by atoms with Crippen molar-refractivity contribution in [1.82, 2.24) is 14.1 Å². The predicted molar refractivity (Wildman–Crippen MR) is 158 cm³/mol. The van der Waals surface area contributed by atoms with Gasteiger partial charge in [-0.15, -0.1) is 0 Å². The second-order valence-electron chi connectivity index (χ2n) is 9.69. The molecule has 38 heavy (non-hydrogen) atoms. The molecule has 3 heteroatoms. The zero-order chi connectivity index (χ0) is 25.1. The highest BCUT2D eigenvalue weighted by atomic mass is 15.0. The third-order valence-corrected chi connectivity index (χ3v) is 7.55. The number of hydrogen-bond acceptors (Lipinski definition) is 1. The molecule has 0 aliphatic heterocycles.